The molecule has 2 heterocycles. The van der Waals surface area contributed by atoms with Gasteiger partial charge in [0.05, 0.1) is 11.4 Å². The fourth-order valence-electron chi connectivity index (χ4n) is 2.44. The highest BCUT2D eigenvalue weighted by atomic mass is 32.2. The van der Waals surface area contributed by atoms with Gasteiger partial charge in [-0.1, -0.05) is 71.5 Å². The minimum atomic E-state index is 0.611. The molecule has 0 fully saturated rings. The number of aryl methyl sites for hydroxylation is 1. The monoisotopic (exact) mass is 365 g/mol. The summed E-state index contributed by atoms with van der Waals surface area (Å²) in [5.41, 5.74) is 4.27. The molecule has 0 bridgehead atoms. The zero-order valence-corrected chi connectivity index (χ0v) is 15.2. The molecule has 0 aliphatic heterocycles. The predicted molar refractivity (Wildman–Crippen MR) is 102 cm³/mol. The van der Waals surface area contributed by atoms with E-state index in [4.69, 9.17) is 4.52 Å². The lowest BCUT2D eigenvalue weighted by atomic mass is 10.1. The van der Waals surface area contributed by atoms with Crippen LogP contribution in [0.25, 0.3) is 22.6 Å². The van der Waals surface area contributed by atoms with Crippen molar-refractivity contribution in [3.05, 3.63) is 71.4 Å². The maximum atomic E-state index is 5.38. The van der Waals surface area contributed by atoms with Gasteiger partial charge in [-0.2, -0.15) is 4.98 Å². The smallest absolute Gasteiger partial charge is 0.237 e. The Bertz CT molecular complexity index is 979. The van der Waals surface area contributed by atoms with Gasteiger partial charge in [0.15, 0.2) is 4.34 Å². The molecular weight excluding hydrogens is 350 g/mol. The number of rotatable bonds is 5. The first-order chi connectivity index (χ1) is 12.3. The summed E-state index contributed by atoms with van der Waals surface area (Å²) in [5.74, 6) is 1.86. The van der Waals surface area contributed by atoms with Crippen molar-refractivity contribution >= 4 is 23.1 Å². The largest absolute Gasteiger partial charge is 0.338 e. The molecule has 0 aliphatic rings. The van der Waals surface area contributed by atoms with Crippen LogP contribution in [0.4, 0.5) is 0 Å². The van der Waals surface area contributed by atoms with Gasteiger partial charge in [0, 0.05) is 16.5 Å². The van der Waals surface area contributed by atoms with E-state index in [1.807, 2.05) is 49.4 Å². The summed E-state index contributed by atoms with van der Waals surface area (Å²) in [6, 6.07) is 18.2. The molecule has 4 aromatic rings. The summed E-state index contributed by atoms with van der Waals surface area (Å²) in [7, 11) is 0. The van der Waals surface area contributed by atoms with Gasteiger partial charge in [-0.15, -0.1) is 11.3 Å². The summed E-state index contributed by atoms with van der Waals surface area (Å²) in [4.78, 5) is 9.17. The van der Waals surface area contributed by atoms with Crippen LogP contribution < -0.4 is 0 Å². The van der Waals surface area contributed by atoms with E-state index in [1.165, 1.54) is 0 Å². The minimum absolute atomic E-state index is 0.611. The topological polar surface area (TPSA) is 51.8 Å². The van der Waals surface area contributed by atoms with E-state index in [1.54, 1.807) is 23.1 Å². The van der Waals surface area contributed by atoms with Crippen molar-refractivity contribution in [2.24, 2.45) is 0 Å². The molecule has 0 saturated heterocycles. The van der Waals surface area contributed by atoms with Crippen LogP contribution in [0.15, 0.2) is 68.8 Å². The molecule has 6 heteroatoms. The van der Waals surface area contributed by atoms with Gasteiger partial charge in [-0.3, -0.25) is 0 Å². The minimum Gasteiger partial charge on any atom is -0.338 e. The van der Waals surface area contributed by atoms with E-state index in [0.29, 0.717) is 17.5 Å². The third kappa shape index (κ3) is 3.65. The van der Waals surface area contributed by atoms with E-state index in [-0.39, 0.29) is 0 Å². The van der Waals surface area contributed by atoms with Crippen molar-refractivity contribution in [2.75, 3.05) is 0 Å². The van der Waals surface area contributed by atoms with Gasteiger partial charge in [-0.05, 0) is 12.5 Å². The summed E-state index contributed by atoms with van der Waals surface area (Å²) in [6.07, 6.45) is 0. The number of thiazole rings is 1. The maximum absolute atomic E-state index is 5.38. The maximum Gasteiger partial charge on any atom is 0.237 e. The highest BCUT2D eigenvalue weighted by Gasteiger charge is 2.12. The standard InChI is InChI=1S/C19H15N3OS2/c1-13-7-5-6-10-15(13)18-21-17(23-22-18)12-25-19-20-16(11-24-19)14-8-3-2-4-9-14/h2-11H,12H2,1H3. The Balaban J connectivity index is 1.44. The Morgan fingerprint density at radius 3 is 2.64 bits per heavy atom. The number of aromatic nitrogens is 3. The lowest BCUT2D eigenvalue weighted by Gasteiger charge is -1.98. The summed E-state index contributed by atoms with van der Waals surface area (Å²) in [5, 5.41) is 6.17. The second-order valence-corrected chi connectivity index (χ2v) is 7.56. The van der Waals surface area contributed by atoms with Gasteiger partial charge in [0.2, 0.25) is 11.7 Å². The van der Waals surface area contributed by atoms with Crippen molar-refractivity contribution in [1.82, 2.24) is 15.1 Å². The van der Waals surface area contributed by atoms with Crippen molar-refractivity contribution in [1.29, 1.82) is 0 Å². The van der Waals surface area contributed by atoms with Crippen molar-refractivity contribution < 1.29 is 4.52 Å². The van der Waals surface area contributed by atoms with Crippen LogP contribution in [-0.4, -0.2) is 15.1 Å². The molecule has 0 atom stereocenters. The van der Waals surface area contributed by atoms with Gasteiger partial charge in [0.25, 0.3) is 0 Å². The fraction of sp³-hybridized carbons (Fsp3) is 0.105. The Morgan fingerprint density at radius 2 is 1.80 bits per heavy atom. The number of benzene rings is 2. The van der Waals surface area contributed by atoms with Gasteiger partial charge < -0.3 is 4.52 Å². The highest BCUT2D eigenvalue weighted by molar-refractivity contribution is 8.00. The van der Waals surface area contributed by atoms with Crippen LogP contribution in [-0.2, 0) is 5.75 Å². The van der Waals surface area contributed by atoms with Gasteiger partial charge in [-0.25, -0.2) is 4.98 Å². The number of hydrogen-bond donors (Lipinski definition) is 0. The van der Waals surface area contributed by atoms with Crippen LogP contribution in [0, 0.1) is 6.92 Å². The molecule has 124 valence electrons. The van der Waals surface area contributed by atoms with Crippen LogP contribution in [0.2, 0.25) is 0 Å². The van der Waals surface area contributed by atoms with Gasteiger partial charge in [0.1, 0.15) is 0 Å². The first kappa shape index (κ1) is 16.1. The highest BCUT2D eigenvalue weighted by Crippen LogP contribution is 2.30. The average Bonchev–Trinajstić information content (AvgIpc) is 3.31. The molecule has 0 amide bonds. The first-order valence-corrected chi connectivity index (χ1v) is 9.68. The Labute approximate surface area is 154 Å². The third-order valence-electron chi connectivity index (χ3n) is 3.73. The molecule has 0 aliphatic carbocycles. The van der Waals surface area contributed by atoms with Crippen molar-refractivity contribution in [2.45, 2.75) is 17.0 Å². The lowest BCUT2D eigenvalue weighted by Crippen LogP contribution is -1.85. The number of hydrogen-bond acceptors (Lipinski definition) is 6. The Morgan fingerprint density at radius 1 is 1.00 bits per heavy atom. The number of thioether (sulfide) groups is 1. The summed E-state index contributed by atoms with van der Waals surface area (Å²) < 4.78 is 6.38. The Hall–Kier alpha value is -2.44. The zero-order chi connectivity index (χ0) is 17.1. The third-order valence-corrected chi connectivity index (χ3v) is 5.73. The van der Waals surface area contributed by atoms with Crippen LogP contribution in [0.3, 0.4) is 0 Å². The van der Waals surface area contributed by atoms with E-state index in [9.17, 15) is 0 Å². The zero-order valence-electron chi connectivity index (χ0n) is 13.5. The fourth-order valence-corrected chi connectivity index (χ4v) is 4.11. The summed E-state index contributed by atoms with van der Waals surface area (Å²) in [6.45, 7) is 2.04. The normalized spacial score (nSPS) is 10.9. The second-order valence-electron chi connectivity index (χ2n) is 5.48. The molecule has 4 nitrogen and oxygen atoms in total. The first-order valence-electron chi connectivity index (χ1n) is 7.82. The van der Waals surface area contributed by atoms with Crippen LogP contribution >= 0.6 is 23.1 Å². The number of nitrogens with zero attached hydrogens (tertiary/aromatic N) is 3. The second kappa shape index (κ2) is 7.21. The van der Waals surface area contributed by atoms with Gasteiger partial charge >= 0.3 is 0 Å². The van der Waals surface area contributed by atoms with Crippen LogP contribution in [0.5, 0.6) is 0 Å². The predicted octanol–water partition coefficient (Wildman–Crippen LogP) is 5.46. The average molecular weight is 365 g/mol. The van der Waals surface area contributed by atoms with Crippen molar-refractivity contribution in [3.8, 4) is 22.6 Å². The SMILES string of the molecule is Cc1ccccc1-c1noc(CSc2nc(-c3ccccc3)cs2)n1. The quantitative estimate of drug-likeness (QED) is 0.440. The van der Waals surface area contributed by atoms with E-state index in [0.717, 1.165) is 26.7 Å². The van der Waals surface area contributed by atoms with E-state index >= 15 is 0 Å². The molecule has 0 unspecified atom stereocenters. The molecule has 0 spiro atoms. The molecule has 4 rings (SSSR count). The lowest BCUT2D eigenvalue weighted by molar-refractivity contribution is 0.391. The summed E-state index contributed by atoms with van der Waals surface area (Å²) >= 11 is 3.24. The molecule has 0 N–H and O–H groups in total. The van der Waals surface area contributed by atoms with E-state index < -0.39 is 0 Å². The molecule has 2 aromatic carbocycles. The molecule has 25 heavy (non-hydrogen) atoms. The molecule has 2 aromatic heterocycles. The van der Waals surface area contributed by atoms with Crippen LogP contribution in [0.1, 0.15) is 11.5 Å². The Kier molecular flexibility index (Phi) is 4.63. The molecular formula is C19H15N3OS2. The molecule has 0 radical (unpaired) electrons. The van der Waals surface area contributed by atoms with Crippen molar-refractivity contribution in [3.63, 3.8) is 0 Å². The van der Waals surface area contributed by atoms with E-state index in [2.05, 4.69) is 32.6 Å². The molecule has 0 saturated carbocycles.